The number of nitrogens with one attached hydrogen (secondary N) is 1. The van der Waals surface area contributed by atoms with Crippen molar-refractivity contribution in [3.8, 4) is 5.75 Å². The number of aromatic nitrogens is 2. The van der Waals surface area contributed by atoms with Crippen LogP contribution >= 0.6 is 0 Å². The van der Waals surface area contributed by atoms with E-state index in [1.54, 1.807) is 29.1 Å². The molecular formula is C27H33FN4O5. The molecule has 2 atom stereocenters. The van der Waals surface area contributed by atoms with Crippen LogP contribution in [0.3, 0.4) is 0 Å². The molecule has 1 N–H and O–H groups in total. The third kappa shape index (κ3) is 6.44. The second-order valence-corrected chi connectivity index (χ2v) is 10.1. The average Bonchev–Trinajstić information content (AvgIpc) is 3.52. The summed E-state index contributed by atoms with van der Waals surface area (Å²) in [5, 5.41) is 7.25. The first-order valence-electron chi connectivity index (χ1n) is 12.3. The third-order valence-electron chi connectivity index (χ3n) is 6.07. The average molecular weight is 513 g/mol. The van der Waals surface area contributed by atoms with Gasteiger partial charge in [0.05, 0.1) is 19.7 Å². The highest BCUT2D eigenvalue weighted by Gasteiger charge is 2.36. The maximum Gasteiger partial charge on any atom is 0.251 e. The minimum Gasteiger partial charge on any atom is -0.457 e. The summed E-state index contributed by atoms with van der Waals surface area (Å²) in [5.41, 5.74) is 0.298. The van der Waals surface area contributed by atoms with E-state index in [4.69, 9.17) is 14.2 Å². The second kappa shape index (κ2) is 10.9. The van der Waals surface area contributed by atoms with Crippen molar-refractivity contribution in [1.29, 1.82) is 0 Å². The van der Waals surface area contributed by atoms with Crippen LogP contribution in [0.2, 0.25) is 0 Å². The first kappa shape index (κ1) is 26.6. The number of amides is 2. The molecule has 0 radical (unpaired) electrons. The van der Waals surface area contributed by atoms with Crippen LogP contribution in [0.1, 0.15) is 39.7 Å². The molecule has 2 aliphatic heterocycles. The zero-order valence-electron chi connectivity index (χ0n) is 21.6. The fourth-order valence-electron chi connectivity index (χ4n) is 4.37. The molecule has 1 aromatic heterocycles. The van der Waals surface area contributed by atoms with Gasteiger partial charge in [-0.2, -0.15) is 5.10 Å². The van der Waals surface area contributed by atoms with Crippen molar-refractivity contribution in [2.24, 2.45) is 5.92 Å². The number of carbonyl (C=O) groups excluding carboxylic acids is 2. The molecule has 0 unspecified atom stereocenters. The van der Waals surface area contributed by atoms with Crippen LogP contribution < -0.4 is 10.1 Å². The molecule has 1 fully saturated rings. The van der Waals surface area contributed by atoms with Crippen molar-refractivity contribution in [2.45, 2.75) is 58.6 Å². The number of halogens is 1. The molecule has 0 saturated carbocycles. The molecule has 4 rings (SSSR count). The van der Waals surface area contributed by atoms with Gasteiger partial charge in [0.25, 0.3) is 5.91 Å². The molecule has 2 amide bonds. The van der Waals surface area contributed by atoms with Crippen LogP contribution in [0, 0.1) is 11.7 Å². The Morgan fingerprint density at radius 2 is 2.16 bits per heavy atom. The van der Waals surface area contributed by atoms with Crippen molar-refractivity contribution in [1.82, 2.24) is 14.7 Å². The normalized spacial score (nSPS) is 19.7. The maximum atomic E-state index is 14.6. The fourth-order valence-corrected chi connectivity index (χ4v) is 4.37. The predicted octanol–water partition coefficient (Wildman–Crippen LogP) is 3.98. The molecule has 0 spiro atoms. The number of nitrogens with zero attached hydrogens (tertiary/aromatic N) is 3. The van der Waals surface area contributed by atoms with Crippen LogP contribution in [-0.2, 0) is 25.6 Å². The smallest absolute Gasteiger partial charge is 0.251 e. The molecule has 37 heavy (non-hydrogen) atoms. The van der Waals surface area contributed by atoms with E-state index in [-0.39, 0.29) is 41.9 Å². The lowest BCUT2D eigenvalue weighted by molar-refractivity contribution is -0.139. The SMILES string of the molecule is C=Cc1cccc(OC2=CC(=O)N([C@@H](CC(C)C)C(=O)Nc3ccn(C[C@@H]4COC(C)(C)O4)n3)C2)c1F. The monoisotopic (exact) mass is 512 g/mol. The topological polar surface area (TPSA) is 94.9 Å². The van der Waals surface area contributed by atoms with Gasteiger partial charge in [0.2, 0.25) is 5.91 Å². The summed E-state index contributed by atoms with van der Waals surface area (Å²) in [5.74, 6) is -1.16. The number of carbonyl (C=O) groups is 2. The summed E-state index contributed by atoms with van der Waals surface area (Å²) < 4.78 is 33.4. The van der Waals surface area contributed by atoms with Gasteiger partial charge < -0.3 is 24.4 Å². The standard InChI is InChI=1S/C27H33FN4O5/c1-6-18-8-7-9-22(25(18)28)36-19-13-24(33)32(15-19)21(12-17(2)3)26(34)29-23-10-11-31(30-23)14-20-16-35-27(4,5)37-20/h6-11,13,17,20-21H,1,12,14-16H2,2-5H3,(H,29,30,34)/t20-,21+/m1/s1. The molecule has 0 aliphatic carbocycles. The minimum atomic E-state index is -0.758. The lowest BCUT2D eigenvalue weighted by atomic mass is 10.0. The summed E-state index contributed by atoms with van der Waals surface area (Å²) >= 11 is 0. The number of rotatable bonds is 10. The quantitative estimate of drug-likeness (QED) is 0.518. The van der Waals surface area contributed by atoms with E-state index in [1.807, 2.05) is 27.7 Å². The highest BCUT2D eigenvalue weighted by Crippen LogP contribution is 2.27. The molecule has 3 heterocycles. The van der Waals surface area contributed by atoms with Crippen LogP contribution in [0.15, 0.2) is 48.9 Å². The predicted molar refractivity (Wildman–Crippen MR) is 136 cm³/mol. The fraction of sp³-hybridized carbons (Fsp3) is 0.444. The van der Waals surface area contributed by atoms with E-state index in [0.29, 0.717) is 31.0 Å². The molecule has 2 aliphatic rings. The van der Waals surface area contributed by atoms with Gasteiger partial charge in [-0.05, 0) is 32.3 Å². The lowest BCUT2D eigenvalue weighted by Gasteiger charge is -2.28. The van der Waals surface area contributed by atoms with Gasteiger partial charge >= 0.3 is 0 Å². The summed E-state index contributed by atoms with van der Waals surface area (Å²) in [6, 6.07) is 5.64. The molecule has 9 nitrogen and oxygen atoms in total. The molecule has 2 aromatic rings. The zero-order chi connectivity index (χ0) is 26.7. The molecule has 198 valence electrons. The number of hydrogen-bond acceptors (Lipinski definition) is 6. The van der Waals surface area contributed by atoms with Gasteiger partial charge in [-0.1, -0.05) is 38.6 Å². The molecule has 1 saturated heterocycles. The highest BCUT2D eigenvalue weighted by molar-refractivity contribution is 5.99. The number of anilines is 1. The second-order valence-electron chi connectivity index (χ2n) is 10.1. The van der Waals surface area contributed by atoms with Crippen molar-refractivity contribution < 1.29 is 28.2 Å². The van der Waals surface area contributed by atoms with Gasteiger partial charge in [-0.3, -0.25) is 14.3 Å². The van der Waals surface area contributed by atoms with E-state index in [9.17, 15) is 14.0 Å². The molecule has 0 bridgehead atoms. The summed E-state index contributed by atoms with van der Waals surface area (Å²) in [4.78, 5) is 27.6. The Bertz CT molecular complexity index is 1210. The number of hydrogen-bond donors (Lipinski definition) is 1. The molecular weight excluding hydrogens is 479 g/mol. The Kier molecular flexibility index (Phi) is 7.79. The van der Waals surface area contributed by atoms with E-state index in [0.717, 1.165) is 0 Å². The lowest BCUT2D eigenvalue weighted by Crippen LogP contribution is -2.46. The van der Waals surface area contributed by atoms with Crippen LogP contribution in [0.25, 0.3) is 6.08 Å². The van der Waals surface area contributed by atoms with Crippen LogP contribution in [0.4, 0.5) is 10.2 Å². The summed E-state index contributed by atoms with van der Waals surface area (Å²) in [6.45, 7) is 12.2. The zero-order valence-corrected chi connectivity index (χ0v) is 21.6. The van der Waals surface area contributed by atoms with Crippen molar-refractivity contribution >= 4 is 23.7 Å². The van der Waals surface area contributed by atoms with Crippen molar-refractivity contribution in [3.63, 3.8) is 0 Å². The largest absolute Gasteiger partial charge is 0.457 e. The minimum absolute atomic E-state index is 0.00580. The Labute approximate surface area is 215 Å². The van der Waals surface area contributed by atoms with Gasteiger partial charge in [0.1, 0.15) is 17.9 Å². The van der Waals surface area contributed by atoms with E-state index >= 15 is 0 Å². The Morgan fingerprint density at radius 3 is 2.84 bits per heavy atom. The van der Waals surface area contributed by atoms with Crippen molar-refractivity contribution in [3.05, 3.63) is 60.3 Å². The van der Waals surface area contributed by atoms with Crippen molar-refractivity contribution in [2.75, 3.05) is 18.5 Å². The summed E-state index contributed by atoms with van der Waals surface area (Å²) in [7, 11) is 0. The maximum absolute atomic E-state index is 14.6. The van der Waals surface area contributed by atoms with Gasteiger partial charge in [0, 0.05) is 23.9 Å². The van der Waals surface area contributed by atoms with Gasteiger partial charge in [-0.25, -0.2) is 4.39 Å². The van der Waals surface area contributed by atoms with E-state index in [2.05, 4.69) is 17.0 Å². The first-order chi connectivity index (χ1) is 17.5. The van der Waals surface area contributed by atoms with Gasteiger partial charge in [-0.15, -0.1) is 0 Å². The number of ether oxygens (including phenoxy) is 3. The van der Waals surface area contributed by atoms with E-state index < -0.39 is 17.6 Å². The molecule has 10 heteroatoms. The first-order valence-corrected chi connectivity index (χ1v) is 12.3. The highest BCUT2D eigenvalue weighted by atomic mass is 19.1. The van der Waals surface area contributed by atoms with E-state index in [1.165, 1.54) is 23.1 Å². The molecule has 1 aromatic carbocycles. The Balaban J connectivity index is 1.41. The summed E-state index contributed by atoms with van der Waals surface area (Å²) in [6.07, 6.45) is 4.73. The van der Waals surface area contributed by atoms with Crippen LogP contribution in [0.5, 0.6) is 5.75 Å². The third-order valence-corrected chi connectivity index (χ3v) is 6.07. The van der Waals surface area contributed by atoms with Crippen LogP contribution in [-0.4, -0.2) is 57.6 Å². The van der Waals surface area contributed by atoms with Gasteiger partial charge in [0.15, 0.2) is 23.2 Å². The number of benzene rings is 1. The Hall–Kier alpha value is -3.50. The Morgan fingerprint density at radius 1 is 1.38 bits per heavy atom.